The van der Waals surface area contributed by atoms with Crippen LogP contribution in [-0.2, 0) is 29.4 Å². The molecule has 1 N–H and O–H groups in total. The lowest BCUT2D eigenvalue weighted by atomic mass is 10.8. The van der Waals surface area contributed by atoms with Crippen LogP contribution in [0.1, 0.15) is 0 Å². The lowest BCUT2D eigenvalue weighted by Crippen LogP contribution is -2.30. The van der Waals surface area contributed by atoms with Crippen molar-refractivity contribution in [2.75, 3.05) is 31.7 Å². The SMILES string of the molecule is COCCONS(=O)(=O)CS(C)(=O)=O. The van der Waals surface area contributed by atoms with Gasteiger partial charge in [-0.2, -0.15) is 0 Å². The molecule has 0 bridgehead atoms. The minimum Gasteiger partial charge on any atom is -0.382 e. The molecule has 0 atom stereocenters. The van der Waals surface area contributed by atoms with Gasteiger partial charge in [-0.25, -0.2) is 16.8 Å². The quantitative estimate of drug-likeness (QED) is 0.433. The molecule has 86 valence electrons. The van der Waals surface area contributed by atoms with Crippen LogP contribution < -0.4 is 4.89 Å². The van der Waals surface area contributed by atoms with Crippen molar-refractivity contribution >= 4 is 19.9 Å². The van der Waals surface area contributed by atoms with Crippen molar-refractivity contribution in [3.05, 3.63) is 0 Å². The van der Waals surface area contributed by atoms with Crippen LogP contribution in [0.25, 0.3) is 0 Å². The standard InChI is InChI=1S/C5H13NO6S2/c1-11-3-4-12-6-14(9,10)5-13(2,7)8/h6H,3-5H2,1-2H3. The average molecular weight is 247 g/mol. The summed E-state index contributed by atoms with van der Waals surface area (Å²) in [6, 6.07) is 0. The first-order valence-corrected chi connectivity index (χ1v) is 7.26. The number of hydrogen-bond acceptors (Lipinski definition) is 6. The third kappa shape index (κ3) is 8.38. The van der Waals surface area contributed by atoms with Crippen LogP contribution in [0.2, 0.25) is 0 Å². The first-order chi connectivity index (χ1) is 6.27. The fourth-order valence-electron chi connectivity index (χ4n) is 0.562. The molecule has 0 aromatic carbocycles. The van der Waals surface area contributed by atoms with Gasteiger partial charge < -0.3 is 4.74 Å². The van der Waals surface area contributed by atoms with Gasteiger partial charge in [0.05, 0.1) is 13.2 Å². The molecular weight excluding hydrogens is 234 g/mol. The predicted octanol–water partition coefficient (Wildman–Crippen LogP) is -1.51. The fourth-order valence-corrected chi connectivity index (χ4v) is 3.27. The van der Waals surface area contributed by atoms with E-state index < -0.39 is 24.9 Å². The maximum absolute atomic E-state index is 11.0. The van der Waals surface area contributed by atoms with Crippen LogP contribution in [0.5, 0.6) is 0 Å². The summed E-state index contributed by atoms with van der Waals surface area (Å²) in [6.07, 6.45) is 0.821. The van der Waals surface area contributed by atoms with E-state index >= 15 is 0 Å². The molecule has 0 aliphatic rings. The second kappa shape index (κ2) is 5.61. The Bertz CT molecular complexity index is 344. The second-order valence-electron chi connectivity index (χ2n) is 2.58. The third-order valence-corrected chi connectivity index (χ3v) is 4.27. The molecule has 0 aliphatic heterocycles. The molecule has 0 spiro atoms. The van der Waals surface area contributed by atoms with Crippen molar-refractivity contribution in [2.24, 2.45) is 0 Å². The van der Waals surface area contributed by atoms with Crippen LogP contribution in [0.4, 0.5) is 0 Å². The number of ether oxygens (including phenoxy) is 1. The molecule has 0 aliphatic carbocycles. The average Bonchev–Trinajstić information content (AvgIpc) is 1.93. The molecule has 14 heavy (non-hydrogen) atoms. The molecule has 0 aromatic heterocycles. The zero-order valence-corrected chi connectivity index (χ0v) is 9.52. The molecule has 0 rings (SSSR count). The van der Waals surface area contributed by atoms with Crippen LogP contribution in [0.15, 0.2) is 0 Å². The highest BCUT2D eigenvalue weighted by Crippen LogP contribution is 1.91. The van der Waals surface area contributed by atoms with Crippen molar-refractivity contribution in [3.63, 3.8) is 0 Å². The van der Waals surface area contributed by atoms with Crippen molar-refractivity contribution in [2.45, 2.75) is 0 Å². The monoisotopic (exact) mass is 247 g/mol. The molecule has 0 saturated heterocycles. The zero-order chi connectivity index (χ0) is 11.2. The van der Waals surface area contributed by atoms with E-state index in [4.69, 9.17) is 0 Å². The lowest BCUT2D eigenvalue weighted by Gasteiger charge is -2.05. The molecule has 9 heteroatoms. The number of sulfone groups is 1. The number of methoxy groups -OCH3 is 1. The van der Waals surface area contributed by atoms with Crippen molar-refractivity contribution in [1.29, 1.82) is 0 Å². The van der Waals surface area contributed by atoms with Gasteiger partial charge in [-0.1, -0.05) is 4.89 Å². The lowest BCUT2D eigenvalue weighted by molar-refractivity contribution is 0.0441. The van der Waals surface area contributed by atoms with E-state index in [1.165, 1.54) is 7.11 Å². The summed E-state index contributed by atoms with van der Waals surface area (Å²) in [5.41, 5.74) is 0. The zero-order valence-electron chi connectivity index (χ0n) is 7.89. The van der Waals surface area contributed by atoms with Crippen LogP contribution >= 0.6 is 0 Å². The summed E-state index contributed by atoms with van der Waals surface area (Å²) in [5, 5.41) is -0.993. The second-order valence-corrected chi connectivity index (χ2v) is 6.77. The van der Waals surface area contributed by atoms with Gasteiger partial charge >= 0.3 is 0 Å². The third-order valence-electron chi connectivity index (χ3n) is 0.945. The Morgan fingerprint density at radius 3 is 2.14 bits per heavy atom. The summed E-state index contributed by atoms with van der Waals surface area (Å²) in [7, 11) is -6.10. The van der Waals surface area contributed by atoms with Gasteiger partial charge in [0.25, 0.3) is 0 Å². The Hall–Kier alpha value is -0.220. The van der Waals surface area contributed by atoms with E-state index in [9.17, 15) is 16.8 Å². The summed E-state index contributed by atoms with van der Waals surface area (Å²) in [5.74, 6) is 0. The molecule has 0 amide bonds. The van der Waals surface area contributed by atoms with Crippen LogP contribution in [0, 0.1) is 0 Å². The normalized spacial score (nSPS) is 13.0. The number of nitrogens with one attached hydrogen (secondary N) is 1. The minimum absolute atomic E-state index is 0.0134. The minimum atomic E-state index is -3.94. The topological polar surface area (TPSA) is 98.8 Å². The number of hydrogen-bond donors (Lipinski definition) is 1. The van der Waals surface area contributed by atoms with E-state index in [2.05, 4.69) is 9.57 Å². The highest BCUT2D eigenvalue weighted by atomic mass is 32.3. The first kappa shape index (κ1) is 13.8. The van der Waals surface area contributed by atoms with Crippen molar-refractivity contribution in [1.82, 2.24) is 4.89 Å². The smallest absolute Gasteiger partial charge is 0.247 e. The molecule has 7 nitrogen and oxygen atoms in total. The van der Waals surface area contributed by atoms with E-state index in [1.54, 1.807) is 4.89 Å². The Labute approximate surface area is 83.3 Å². The largest absolute Gasteiger partial charge is 0.382 e. The highest BCUT2D eigenvalue weighted by molar-refractivity contribution is 8.06. The Morgan fingerprint density at radius 1 is 1.14 bits per heavy atom. The molecule has 0 radical (unpaired) electrons. The molecule has 0 aromatic rings. The van der Waals surface area contributed by atoms with Gasteiger partial charge in [-0.3, -0.25) is 4.84 Å². The summed E-state index contributed by atoms with van der Waals surface area (Å²) < 4.78 is 47.8. The van der Waals surface area contributed by atoms with Gasteiger partial charge in [-0.15, -0.1) is 0 Å². The molecule has 0 unspecified atom stereocenters. The molecule has 0 saturated carbocycles. The van der Waals surface area contributed by atoms with Crippen LogP contribution in [0.3, 0.4) is 0 Å². The Balaban J connectivity index is 3.98. The fraction of sp³-hybridized carbons (Fsp3) is 1.00. The van der Waals surface area contributed by atoms with E-state index in [0.717, 1.165) is 6.26 Å². The van der Waals surface area contributed by atoms with Crippen LogP contribution in [-0.4, -0.2) is 48.5 Å². The van der Waals surface area contributed by atoms with E-state index in [0.29, 0.717) is 0 Å². The van der Waals surface area contributed by atoms with Gasteiger partial charge in [0, 0.05) is 13.4 Å². The summed E-state index contributed by atoms with van der Waals surface area (Å²) in [6.45, 7) is 0.223. The maximum atomic E-state index is 11.0. The van der Waals surface area contributed by atoms with Gasteiger partial charge in [0.1, 0.15) is 0 Å². The van der Waals surface area contributed by atoms with E-state index in [1.807, 2.05) is 0 Å². The van der Waals surface area contributed by atoms with Crippen molar-refractivity contribution < 1.29 is 26.4 Å². The van der Waals surface area contributed by atoms with E-state index in [-0.39, 0.29) is 13.2 Å². The summed E-state index contributed by atoms with van der Waals surface area (Å²) in [4.78, 5) is 6.12. The first-order valence-electron chi connectivity index (χ1n) is 3.55. The number of rotatable bonds is 7. The van der Waals surface area contributed by atoms with Crippen molar-refractivity contribution in [3.8, 4) is 0 Å². The maximum Gasteiger partial charge on any atom is 0.247 e. The summed E-state index contributed by atoms with van der Waals surface area (Å²) >= 11 is 0. The molecular formula is C5H13NO6S2. The molecule has 0 fully saturated rings. The Kier molecular flexibility index (Phi) is 5.52. The Morgan fingerprint density at radius 2 is 1.71 bits per heavy atom. The van der Waals surface area contributed by atoms with Gasteiger partial charge in [0.2, 0.25) is 10.0 Å². The van der Waals surface area contributed by atoms with Gasteiger partial charge in [0.15, 0.2) is 14.9 Å². The molecule has 0 heterocycles. The highest BCUT2D eigenvalue weighted by Gasteiger charge is 2.17. The number of sulfonamides is 1. The predicted molar refractivity (Wildman–Crippen MR) is 49.6 cm³/mol. The van der Waals surface area contributed by atoms with Gasteiger partial charge in [-0.05, 0) is 0 Å².